The number of rotatable bonds is 3. The summed E-state index contributed by atoms with van der Waals surface area (Å²) < 4.78 is 14.2. The van der Waals surface area contributed by atoms with E-state index in [1.165, 1.54) is 12.1 Å². The molecule has 2 aromatic carbocycles. The first-order valence-electron chi connectivity index (χ1n) is 5.09. The Bertz CT molecular complexity index is 531. The molecular formula is C13H10ClFIN. The second kappa shape index (κ2) is 5.69. The summed E-state index contributed by atoms with van der Waals surface area (Å²) >= 11 is 8.24. The Balaban J connectivity index is 2.12. The Kier molecular flexibility index (Phi) is 4.23. The number of hydrogen-bond acceptors (Lipinski definition) is 1. The molecule has 0 aliphatic rings. The second-order valence-corrected chi connectivity index (χ2v) is 5.14. The van der Waals surface area contributed by atoms with E-state index in [9.17, 15) is 4.39 Å². The Labute approximate surface area is 118 Å². The molecule has 2 aromatic rings. The first kappa shape index (κ1) is 12.6. The summed E-state index contributed by atoms with van der Waals surface area (Å²) in [5, 5.41) is 3.81. The third-order valence-electron chi connectivity index (χ3n) is 2.35. The van der Waals surface area contributed by atoms with Gasteiger partial charge in [0.05, 0.1) is 0 Å². The third-order valence-corrected chi connectivity index (χ3v) is 3.66. The second-order valence-electron chi connectivity index (χ2n) is 3.57. The Hall–Kier alpha value is -0.810. The van der Waals surface area contributed by atoms with Crippen molar-refractivity contribution < 1.29 is 4.39 Å². The van der Waals surface area contributed by atoms with E-state index >= 15 is 0 Å². The lowest BCUT2D eigenvalue weighted by Crippen LogP contribution is -2.01. The minimum Gasteiger partial charge on any atom is -0.380 e. The first-order valence-corrected chi connectivity index (χ1v) is 6.55. The van der Waals surface area contributed by atoms with Gasteiger partial charge in [-0.15, -0.1) is 0 Å². The lowest BCUT2D eigenvalue weighted by molar-refractivity contribution is 0.626. The molecule has 0 fully saturated rings. The highest BCUT2D eigenvalue weighted by molar-refractivity contribution is 14.1. The van der Waals surface area contributed by atoms with E-state index < -0.39 is 0 Å². The Morgan fingerprint density at radius 1 is 1.18 bits per heavy atom. The van der Waals surface area contributed by atoms with E-state index in [0.717, 1.165) is 14.8 Å². The molecule has 0 saturated carbocycles. The highest BCUT2D eigenvalue weighted by Gasteiger charge is 2.03. The van der Waals surface area contributed by atoms with E-state index in [1.54, 1.807) is 6.07 Å². The van der Waals surface area contributed by atoms with Gasteiger partial charge in [-0.25, -0.2) is 4.39 Å². The normalized spacial score (nSPS) is 10.3. The maximum absolute atomic E-state index is 13.1. The van der Waals surface area contributed by atoms with Crippen molar-refractivity contribution in [1.29, 1.82) is 0 Å². The number of benzene rings is 2. The molecule has 0 radical (unpaired) electrons. The van der Waals surface area contributed by atoms with Crippen molar-refractivity contribution in [2.24, 2.45) is 0 Å². The molecule has 1 N–H and O–H groups in total. The molecule has 0 heterocycles. The van der Waals surface area contributed by atoms with Gasteiger partial charge in [-0.2, -0.15) is 0 Å². The molecule has 1 nitrogen and oxygen atoms in total. The van der Waals surface area contributed by atoms with Crippen LogP contribution < -0.4 is 5.32 Å². The number of halogens is 3. The first-order chi connectivity index (χ1) is 8.16. The zero-order valence-corrected chi connectivity index (χ0v) is 11.8. The molecule has 0 bridgehead atoms. The van der Waals surface area contributed by atoms with Crippen LogP contribution in [-0.2, 0) is 6.54 Å². The van der Waals surface area contributed by atoms with Gasteiger partial charge in [0.25, 0.3) is 0 Å². The molecule has 2 rings (SSSR count). The summed E-state index contributed by atoms with van der Waals surface area (Å²) in [5.41, 5.74) is 1.78. The van der Waals surface area contributed by atoms with Crippen molar-refractivity contribution in [3.8, 4) is 0 Å². The van der Waals surface area contributed by atoms with Crippen molar-refractivity contribution in [2.45, 2.75) is 6.54 Å². The predicted octanol–water partition coefficient (Wildman–Crippen LogP) is 4.70. The molecule has 0 unspecified atom stereocenters. The van der Waals surface area contributed by atoms with Crippen LogP contribution in [0.2, 0.25) is 5.02 Å². The highest BCUT2D eigenvalue weighted by atomic mass is 127. The average Bonchev–Trinajstić information content (AvgIpc) is 2.32. The molecular weight excluding hydrogens is 352 g/mol. The number of hydrogen-bond donors (Lipinski definition) is 1. The molecule has 0 amide bonds. The van der Waals surface area contributed by atoms with Gasteiger partial charge < -0.3 is 5.32 Å². The van der Waals surface area contributed by atoms with Crippen molar-refractivity contribution >= 4 is 39.9 Å². The molecule has 0 aliphatic heterocycles. The monoisotopic (exact) mass is 361 g/mol. The standard InChI is InChI=1S/C13H10ClFIN/c14-11-6-5-10(15)7-9(11)8-17-13-4-2-1-3-12(13)16/h1-7,17H,8H2. The van der Waals surface area contributed by atoms with Gasteiger partial charge in [0.1, 0.15) is 5.82 Å². The average molecular weight is 362 g/mol. The Morgan fingerprint density at radius 2 is 1.94 bits per heavy atom. The van der Waals surface area contributed by atoms with Crippen LogP contribution in [0.25, 0.3) is 0 Å². The lowest BCUT2D eigenvalue weighted by Gasteiger charge is -2.09. The van der Waals surface area contributed by atoms with Crippen molar-refractivity contribution in [2.75, 3.05) is 5.32 Å². The minimum absolute atomic E-state index is 0.269. The number of nitrogens with one attached hydrogen (secondary N) is 1. The van der Waals surface area contributed by atoms with Gasteiger partial charge in [0, 0.05) is 20.8 Å². The van der Waals surface area contributed by atoms with Crippen molar-refractivity contribution in [1.82, 2.24) is 0 Å². The van der Waals surface area contributed by atoms with Crippen molar-refractivity contribution in [3.05, 3.63) is 62.4 Å². The van der Waals surface area contributed by atoms with Crippen LogP contribution in [0.5, 0.6) is 0 Å². The molecule has 0 saturated heterocycles. The maximum Gasteiger partial charge on any atom is 0.123 e. The highest BCUT2D eigenvalue weighted by Crippen LogP contribution is 2.21. The lowest BCUT2D eigenvalue weighted by atomic mass is 10.2. The number of anilines is 1. The van der Waals surface area contributed by atoms with Gasteiger partial charge >= 0.3 is 0 Å². The summed E-state index contributed by atoms with van der Waals surface area (Å²) in [4.78, 5) is 0. The minimum atomic E-state index is -0.269. The summed E-state index contributed by atoms with van der Waals surface area (Å²) in [6.07, 6.45) is 0. The van der Waals surface area contributed by atoms with Gasteiger partial charge in [-0.05, 0) is 58.5 Å². The topological polar surface area (TPSA) is 12.0 Å². The molecule has 4 heteroatoms. The van der Waals surface area contributed by atoms with E-state index in [2.05, 4.69) is 27.9 Å². The van der Waals surface area contributed by atoms with Gasteiger partial charge in [0.2, 0.25) is 0 Å². The fourth-order valence-corrected chi connectivity index (χ4v) is 2.24. The van der Waals surface area contributed by atoms with Gasteiger partial charge in [0.15, 0.2) is 0 Å². The zero-order valence-electron chi connectivity index (χ0n) is 8.88. The molecule has 0 aromatic heterocycles. The van der Waals surface area contributed by atoms with Crippen LogP contribution in [-0.4, -0.2) is 0 Å². The van der Waals surface area contributed by atoms with E-state index in [-0.39, 0.29) is 5.82 Å². The summed E-state index contributed by atoms with van der Waals surface area (Å²) in [6.45, 7) is 0.511. The van der Waals surface area contributed by atoms with Crippen LogP contribution in [0, 0.1) is 9.39 Å². The molecule has 0 atom stereocenters. The van der Waals surface area contributed by atoms with E-state index in [4.69, 9.17) is 11.6 Å². The molecule has 0 spiro atoms. The van der Waals surface area contributed by atoms with Crippen molar-refractivity contribution in [3.63, 3.8) is 0 Å². The fraction of sp³-hybridized carbons (Fsp3) is 0.0769. The van der Waals surface area contributed by atoms with E-state index in [1.807, 2.05) is 24.3 Å². The summed E-state index contributed by atoms with van der Waals surface area (Å²) in [6, 6.07) is 12.3. The fourth-order valence-electron chi connectivity index (χ4n) is 1.47. The SMILES string of the molecule is Fc1ccc(Cl)c(CNc2ccccc2I)c1. The van der Waals surface area contributed by atoms with Crippen LogP contribution in [0.4, 0.5) is 10.1 Å². The molecule has 0 aliphatic carbocycles. The largest absolute Gasteiger partial charge is 0.380 e. The van der Waals surface area contributed by atoms with Gasteiger partial charge in [-0.1, -0.05) is 23.7 Å². The van der Waals surface area contributed by atoms with Crippen LogP contribution >= 0.6 is 34.2 Å². The predicted molar refractivity (Wildman–Crippen MR) is 77.9 cm³/mol. The summed E-state index contributed by atoms with van der Waals surface area (Å²) in [7, 11) is 0. The Morgan fingerprint density at radius 3 is 2.71 bits per heavy atom. The number of para-hydroxylation sites is 1. The van der Waals surface area contributed by atoms with Crippen LogP contribution in [0.3, 0.4) is 0 Å². The molecule has 17 heavy (non-hydrogen) atoms. The summed E-state index contributed by atoms with van der Waals surface area (Å²) in [5.74, 6) is -0.269. The zero-order chi connectivity index (χ0) is 12.3. The van der Waals surface area contributed by atoms with E-state index in [0.29, 0.717) is 11.6 Å². The van der Waals surface area contributed by atoms with Crippen LogP contribution in [0.1, 0.15) is 5.56 Å². The molecule has 88 valence electrons. The maximum atomic E-state index is 13.1. The quantitative estimate of drug-likeness (QED) is 0.782. The van der Waals surface area contributed by atoms with Gasteiger partial charge in [-0.3, -0.25) is 0 Å². The third kappa shape index (κ3) is 3.33. The van der Waals surface area contributed by atoms with Crippen LogP contribution in [0.15, 0.2) is 42.5 Å². The smallest absolute Gasteiger partial charge is 0.123 e.